The zero-order chi connectivity index (χ0) is 12.6. The molecular weight excluding hydrogens is 238 g/mol. The van der Waals surface area contributed by atoms with Crippen molar-refractivity contribution in [2.24, 2.45) is 5.73 Å². The van der Waals surface area contributed by atoms with Crippen LogP contribution in [0, 0.1) is 13.8 Å². The van der Waals surface area contributed by atoms with E-state index in [1.807, 2.05) is 26.0 Å². The van der Waals surface area contributed by atoms with Gasteiger partial charge in [-0.3, -0.25) is 0 Å². The summed E-state index contributed by atoms with van der Waals surface area (Å²) in [6, 6.07) is 3.90. The van der Waals surface area contributed by atoms with Crippen molar-refractivity contribution in [1.29, 1.82) is 0 Å². The molecule has 0 radical (unpaired) electrons. The van der Waals surface area contributed by atoms with Gasteiger partial charge in [-0.25, -0.2) is 0 Å². The quantitative estimate of drug-likeness (QED) is 0.902. The van der Waals surface area contributed by atoms with Crippen molar-refractivity contribution in [3.05, 3.63) is 28.3 Å². The fraction of sp³-hybridized carbons (Fsp3) is 0.538. The Hall–Kier alpha value is -0.770. The lowest BCUT2D eigenvalue weighted by atomic mass is 9.86. The van der Waals surface area contributed by atoms with E-state index in [0.29, 0.717) is 0 Å². The van der Waals surface area contributed by atoms with Crippen LogP contribution in [-0.2, 0) is 4.74 Å². The standard InChI is InChI=1S/C13H18ClNO2/c1-7-4-9(14)5-8(2)12(7)17-11-6-10(15)13(11)16-3/h4-5,10-11,13H,6,15H2,1-3H3. The number of methoxy groups -OCH3 is 1. The van der Waals surface area contributed by atoms with E-state index in [2.05, 4.69) is 0 Å². The van der Waals surface area contributed by atoms with Gasteiger partial charge in [-0.1, -0.05) is 11.6 Å². The van der Waals surface area contributed by atoms with Crippen LogP contribution >= 0.6 is 11.6 Å². The molecule has 3 unspecified atom stereocenters. The number of ether oxygens (including phenoxy) is 2. The number of rotatable bonds is 3. The molecule has 0 aromatic heterocycles. The average Bonchev–Trinajstić information content (AvgIpc) is 2.21. The molecule has 1 aliphatic carbocycles. The summed E-state index contributed by atoms with van der Waals surface area (Å²) in [5.41, 5.74) is 7.94. The van der Waals surface area contributed by atoms with Gasteiger partial charge in [0.25, 0.3) is 0 Å². The first-order valence-corrected chi connectivity index (χ1v) is 6.12. The second-order valence-electron chi connectivity index (χ2n) is 4.62. The van der Waals surface area contributed by atoms with E-state index in [0.717, 1.165) is 28.3 Å². The first-order chi connectivity index (χ1) is 8.02. The summed E-state index contributed by atoms with van der Waals surface area (Å²) >= 11 is 5.99. The second-order valence-corrected chi connectivity index (χ2v) is 5.06. The van der Waals surface area contributed by atoms with Gasteiger partial charge in [0.15, 0.2) is 0 Å². The molecule has 17 heavy (non-hydrogen) atoms. The van der Waals surface area contributed by atoms with Crippen molar-refractivity contribution in [3.8, 4) is 5.75 Å². The van der Waals surface area contributed by atoms with Crippen LogP contribution in [-0.4, -0.2) is 25.4 Å². The predicted molar refractivity (Wildman–Crippen MR) is 68.7 cm³/mol. The number of halogens is 1. The van der Waals surface area contributed by atoms with Gasteiger partial charge >= 0.3 is 0 Å². The van der Waals surface area contributed by atoms with Crippen molar-refractivity contribution in [3.63, 3.8) is 0 Å². The van der Waals surface area contributed by atoms with Gasteiger partial charge in [0.2, 0.25) is 0 Å². The molecule has 1 aromatic carbocycles. The lowest BCUT2D eigenvalue weighted by Gasteiger charge is -2.41. The van der Waals surface area contributed by atoms with Gasteiger partial charge in [-0.05, 0) is 37.1 Å². The third kappa shape index (κ3) is 2.41. The molecule has 1 fully saturated rings. The smallest absolute Gasteiger partial charge is 0.128 e. The number of aryl methyl sites for hydroxylation is 2. The summed E-state index contributed by atoms with van der Waals surface area (Å²) in [5, 5.41) is 0.737. The summed E-state index contributed by atoms with van der Waals surface area (Å²) in [6.45, 7) is 3.99. The van der Waals surface area contributed by atoms with Crippen molar-refractivity contribution in [2.45, 2.75) is 38.5 Å². The molecule has 3 atom stereocenters. The van der Waals surface area contributed by atoms with Gasteiger partial charge in [0, 0.05) is 24.6 Å². The molecule has 0 bridgehead atoms. The van der Waals surface area contributed by atoms with Gasteiger partial charge < -0.3 is 15.2 Å². The Bertz CT molecular complexity index is 399. The minimum atomic E-state index is -0.00974. The van der Waals surface area contributed by atoms with E-state index in [1.54, 1.807) is 7.11 Å². The lowest BCUT2D eigenvalue weighted by molar-refractivity contribution is -0.0786. The van der Waals surface area contributed by atoms with Crippen LogP contribution < -0.4 is 10.5 Å². The number of hydrogen-bond acceptors (Lipinski definition) is 3. The van der Waals surface area contributed by atoms with Crippen LogP contribution in [0.3, 0.4) is 0 Å². The van der Waals surface area contributed by atoms with Crippen LogP contribution in [0.25, 0.3) is 0 Å². The van der Waals surface area contributed by atoms with E-state index in [1.165, 1.54) is 0 Å². The minimum Gasteiger partial charge on any atom is -0.487 e. The zero-order valence-corrected chi connectivity index (χ0v) is 11.1. The lowest BCUT2D eigenvalue weighted by Crippen LogP contribution is -2.59. The molecule has 0 amide bonds. The highest BCUT2D eigenvalue weighted by Gasteiger charge is 2.41. The molecule has 1 saturated carbocycles. The van der Waals surface area contributed by atoms with Crippen molar-refractivity contribution in [2.75, 3.05) is 7.11 Å². The van der Waals surface area contributed by atoms with E-state index < -0.39 is 0 Å². The highest BCUT2D eigenvalue weighted by atomic mass is 35.5. The Morgan fingerprint density at radius 3 is 2.35 bits per heavy atom. The molecule has 0 spiro atoms. The molecule has 94 valence electrons. The van der Waals surface area contributed by atoms with Crippen LogP contribution in [0.1, 0.15) is 17.5 Å². The summed E-state index contributed by atoms with van der Waals surface area (Å²) in [4.78, 5) is 0. The van der Waals surface area contributed by atoms with Crippen LogP contribution in [0.2, 0.25) is 5.02 Å². The summed E-state index contributed by atoms with van der Waals surface area (Å²) in [6.07, 6.45) is 0.873. The number of nitrogens with two attached hydrogens (primary N) is 1. The van der Waals surface area contributed by atoms with Gasteiger partial charge in [0.05, 0.1) is 0 Å². The fourth-order valence-electron chi connectivity index (χ4n) is 2.29. The molecule has 1 aliphatic rings. The highest BCUT2D eigenvalue weighted by Crippen LogP contribution is 2.32. The summed E-state index contributed by atoms with van der Waals surface area (Å²) < 4.78 is 11.3. The van der Waals surface area contributed by atoms with Gasteiger partial charge in [0.1, 0.15) is 18.0 Å². The molecule has 0 heterocycles. The Labute approximate surface area is 107 Å². The van der Waals surface area contributed by atoms with E-state index in [-0.39, 0.29) is 18.2 Å². The molecule has 2 rings (SSSR count). The molecule has 0 saturated heterocycles. The predicted octanol–water partition coefficient (Wildman–Crippen LogP) is 2.45. The molecule has 4 heteroatoms. The Morgan fingerprint density at radius 1 is 1.29 bits per heavy atom. The highest BCUT2D eigenvalue weighted by molar-refractivity contribution is 6.30. The normalized spacial score (nSPS) is 27.7. The zero-order valence-electron chi connectivity index (χ0n) is 10.4. The van der Waals surface area contributed by atoms with Crippen LogP contribution in [0.15, 0.2) is 12.1 Å². The van der Waals surface area contributed by atoms with Gasteiger partial charge in [-0.15, -0.1) is 0 Å². The molecule has 0 aliphatic heterocycles. The maximum absolute atomic E-state index is 5.99. The van der Waals surface area contributed by atoms with Crippen molar-refractivity contribution >= 4 is 11.6 Å². The first kappa shape index (κ1) is 12.7. The second kappa shape index (κ2) is 4.84. The average molecular weight is 256 g/mol. The summed E-state index contributed by atoms with van der Waals surface area (Å²) in [7, 11) is 1.67. The maximum Gasteiger partial charge on any atom is 0.128 e. The fourth-order valence-corrected chi connectivity index (χ4v) is 2.62. The van der Waals surface area contributed by atoms with E-state index in [9.17, 15) is 0 Å². The monoisotopic (exact) mass is 255 g/mol. The third-order valence-electron chi connectivity index (χ3n) is 3.26. The van der Waals surface area contributed by atoms with E-state index in [4.69, 9.17) is 26.8 Å². The molecule has 1 aromatic rings. The Morgan fingerprint density at radius 2 is 1.88 bits per heavy atom. The SMILES string of the molecule is COC1C(N)CC1Oc1c(C)cc(Cl)cc1C. The van der Waals surface area contributed by atoms with Crippen molar-refractivity contribution < 1.29 is 9.47 Å². The van der Waals surface area contributed by atoms with Crippen molar-refractivity contribution in [1.82, 2.24) is 0 Å². The van der Waals surface area contributed by atoms with Gasteiger partial charge in [-0.2, -0.15) is 0 Å². The van der Waals surface area contributed by atoms with E-state index >= 15 is 0 Å². The first-order valence-electron chi connectivity index (χ1n) is 5.74. The Kier molecular flexibility index (Phi) is 3.61. The van der Waals surface area contributed by atoms with Crippen LogP contribution in [0.4, 0.5) is 0 Å². The number of benzene rings is 1. The molecular formula is C13H18ClNO2. The Balaban J connectivity index is 2.14. The van der Waals surface area contributed by atoms with Crippen LogP contribution in [0.5, 0.6) is 5.75 Å². The summed E-state index contributed by atoms with van der Waals surface area (Å²) in [5.74, 6) is 0.897. The maximum atomic E-state index is 5.99. The molecule has 3 nitrogen and oxygen atoms in total. The third-order valence-corrected chi connectivity index (χ3v) is 3.48. The largest absolute Gasteiger partial charge is 0.487 e. The minimum absolute atomic E-state index is 0.00974. The number of hydrogen-bond donors (Lipinski definition) is 1. The molecule has 2 N–H and O–H groups in total. The topological polar surface area (TPSA) is 44.5 Å².